The summed E-state index contributed by atoms with van der Waals surface area (Å²) in [5, 5.41) is 4.46. The van der Waals surface area contributed by atoms with Gasteiger partial charge in [-0.2, -0.15) is 4.98 Å². The summed E-state index contributed by atoms with van der Waals surface area (Å²) in [6.07, 6.45) is 8.39. The molecule has 0 radical (unpaired) electrons. The van der Waals surface area contributed by atoms with Gasteiger partial charge in [0, 0.05) is 13.2 Å². The monoisotopic (exact) mass is 383 g/mol. The van der Waals surface area contributed by atoms with Crippen LogP contribution in [0.3, 0.4) is 0 Å². The lowest BCUT2D eigenvalue weighted by Crippen LogP contribution is -2.39. The molecule has 0 spiro atoms. The van der Waals surface area contributed by atoms with Crippen LogP contribution in [-0.4, -0.2) is 40.8 Å². The lowest BCUT2D eigenvalue weighted by atomic mass is 9.78. The predicted octanol–water partition coefficient (Wildman–Crippen LogP) is 4.63. The Kier molecular flexibility index (Phi) is 6.12. The minimum Gasteiger partial charge on any atom is -0.377 e. The molecule has 5 heteroatoms. The van der Waals surface area contributed by atoms with Crippen molar-refractivity contribution in [3.8, 4) is 0 Å². The van der Waals surface area contributed by atoms with Crippen LogP contribution in [0.25, 0.3) is 0 Å². The smallest absolute Gasteiger partial charge is 0.240 e. The van der Waals surface area contributed by atoms with E-state index in [2.05, 4.69) is 48.2 Å². The summed E-state index contributed by atoms with van der Waals surface area (Å²) in [5.74, 6) is 1.61. The Labute approximate surface area is 168 Å². The zero-order valence-corrected chi connectivity index (χ0v) is 17.3. The minimum absolute atomic E-state index is 0.0792. The van der Waals surface area contributed by atoms with E-state index in [-0.39, 0.29) is 5.41 Å². The van der Waals surface area contributed by atoms with Crippen molar-refractivity contribution in [3.05, 3.63) is 47.1 Å². The molecule has 28 heavy (non-hydrogen) atoms. The number of nitrogens with zero attached hydrogens (tertiary/aromatic N) is 3. The van der Waals surface area contributed by atoms with E-state index in [1.165, 1.54) is 30.4 Å². The van der Waals surface area contributed by atoms with E-state index in [0.29, 0.717) is 6.10 Å². The van der Waals surface area contributed by atoms with Crippen LogP contribution in [0.15, 0.2) is 28.8 Å². The van der Waals surface area contributed by atoms with Crippen molar-refractivity contribution < 1.29 is 9.26 Å². The summed E-state index contributed by atoms with van der Waals surface area (Å²) < 4.78 is 11.7. The molecular weight excluding hydrogens is 350 g/mol. The van der Waals surface area contributed by atoms with Gasteiger partial charge in [0.25, 0.3) is 0 Å². The minimum atomic E-state index is -0.0792. The van der Waals surface area contributed by atoms with E-state index in [9.17, 15) is 0 Å². The predicted molar refractivity (Wildman–Crippen MR) is 109 cm³/mol. The molecule has 4 rings (SSSR count). The number of aromatic nitrogens is 2. The van der Waals surface area contributed by atoms with E-state index in [1.807, 2.05) is 0 Å². The molecule has 1 aromatic carbocycles. The number of piperidine rings is 1. The van der Waals surface area contributed by atoms with E-state index in [4.69, 9.17) is 14.2 Å². The fourth-order valence-electron chi connectivity index (χ4n) is 4.77. The molecule has 0 bridgehead atoms. The molecule has 2 aromatic rings. The van der Waals surface area contributed by atoms with E-state index < -0.39 is 0 Å². The first-order chi connectivity index (χ1) is 13.7. The second-order valence-electron chi connectivity index (χ2n) is 8.54. The maximum Gasteiger partial charge on any atom is 0.240 e. The standard InChI is InChI=1S/C23H33N3O2/c1-3-15-27-20-7-6-14-26(16-20)17-21-24-22(25-28-21)23(12-4-5-13-23)19-10-8-18(2)9-11-19/h8-11,20H,3-7,12-17H2,1-2H3/t20-/m0/s1. The van der Waals surface area contributed by atoms with Crippen molar-refractivity contribution in [2.75, 3.05) is 19.7 Å². The van der Waals surface area contributed by atoms with Gasteiger partial charge in [0.2, 0.25) is 5.89 Å². The van der Waals surface area contributed by atoms with Crippen LogP contribution in [-0.2, 0) is 16.7 Å². The van der Waals surface area contributed by atoms with Crippen LogP contribution in [0.2, 0.25) is 0 Å². The number of aryl methyl sites for hydroxylation is 1. The summed E-state index contributed by atoms with van der Waals surface area (Å²) in [6, 6.07) is 8.88. The first kappa shape index (κ1) is 19.6. The summed E-state index contributed by atoms with van der Waals surface area (Å²) in [5.41, 5.74) is 2.54. The molecule has 2 heterocycles. The Morgan fingerprint density at radius 3 is 2.71 bits per heavy atom. The molecule has 2 aliphatic rings. The highest BCUT2D eigenvalue weighted by Crippen LogP contribution is 2.45. The number of ether oxygens (including phenoxy) is 1. The van der Waals surface area contributed by atoms with Crippen LogP contribution in [0.4, 0.5) is 0 Å². The molecule has 1 aromatic heterocycles. The lowest BCUT2D eigenvalue weighted by Gasteiger charge is -2.31. The molecule has 0 amide bonds. The van der Waals surface area contributed by atoms with Crippen molar-refractivity contribution in [1.82, 2.24) is 15.0 Å². The highest BCUT2D eigenvalue weighted by atomic mass is 16.5. The third kappa shape index (κ3) is 4.15. The first-order valence-corrected chi connectivity index (χ1v) is 10.9. The number of hydrogen-bond donors (Lipinski definition) is 0. The van der Waals surface area contributed by atoms with Crippen LogP contribution >= 0.6 is 0 Å². The van der Waals surface area contributed by atoms with Gasteiger partial charge in [0.05, 0.1) is 18.1 Å². The van der Waals surface area contributed by atoms with Gasteiger partial charge in [0.15, 0.2) is 5.82 Å². The highest BCUT2D eigenvalue weighted by molar-refractivity contribution is 5.35. The molecule has 5 nitrogen and oxygen atoms in total. The van der Waals surface area contributed by atoms with Crippen LogP contribution in [0.5, 0.6) is 0 Å². The van der Waals surface area contributed by atoms with Gasteiger partial charge < -0.3 is 9.26 Å². The van der Waals surface area contributed by atoms with E-state index >= 15 is 0 Å². The molecule has 152 valence electrons. The summed E-state index contributed by atoms with van der Waals surface area (Å²) in [6.45, 7) is 7.90. The number of rotatable bonds is 7. The average molecular weight is 384 g/mol. The van der Waals surface area contributed by atoms with Gasteiger partial charge in [-0.25, -0.2) is 0 Å². The van der Waals surface area contributed by atoms with Crippen molar-refractivity contribution >= 4 is 0 Å². The van der Waals surface area contributed by atoms with Crippen LogP contribution in [0, 0.1) is 6.92 Å². The Morgan fingerprint density at radius 1 is 1.18 bits per heavy atom. The lowest BCUT2D eigenvalue weighted by molar-refractivity contribution is -0.00455. The van der Waals surface area contributed by atoms with Crippen molar-refractivity contribution in [2.24, 2.45) is 0 Å². The normalized spacial score (nSPS) is 22.6. The van der Waals surface area contributed by atoms with Crippen molar-refractivity contribution in [2.45, 2.75) is 76.9 Å². The first-order valence-electron chi connectivity index (χ1n) is 10.9. The number of benzene rings is 1. The average Bonchev–Trinajstić information content (AvgIpc) is 3.38. The second-order valence-corrected chi connectivity index (χ2v) is 8.54. The van der Waals surface area contributed by atoms with Gasteiger partial charge in [-0.3, -0.25) is 4.90 Å². The third-order valence-corrected chi connectivity index (χ3v) is 6.34. The largest absolute Gasteiger partial charge is 0.377 e. The van der Waals surface area contributed by atoms with E-state index in [0.717, 1.165) is 63.6 Å². The molecule has 0 N–H and O–H groups in total. The SMILES string of the molecule is CCCO[C@H]1CCCN(Cc2nc(C3(c4ccc(C)cc4)CCCC3)no2)C1. The molecule has 1 atom stereocenters. The Morgan fingerprint density at radius 2 is 1.96 bits per heavy atom. The van der Waals surface area contributed by atoms with Gasteiger partial charge in [0.1, 0.15) is 0 Å². The summed E-state index contributed by atoms with van der Waals surface area (Å²) in [7, 11) is 0. The molecule has 2 fully saturated rings. The number of likely N-dealkylation sites (tertiary alicyclic amines) is 1. The topological polar surface area (TPSA) is 51.4 Å². The third-order valence-electron chi connectivity index (χ3n) is 6.34. The molecular formula is C23H33N3O2. The Hall–Kier alpha value is -1.72. The Balaban J connectivity index is 1.47. The number of hydrogen-bond acceptors (Lipinski definition) is 5. The summed E-state index contributed by atoms with van der Waals surface area (Å²) >= 11 is 0. The van der Waals surface area contributed by atoms with Crippen molar-refractivity contribution in [3.63, 3.8) is 0 Å². The molecule has 1 aliphatic heterocycles. The zero-order chi connectivity index (χ0) is 19.4. The zero-order valence-electron chi connectivity index (χ0n) is 17.3. The maximum atomic E-state index is 5.96. The summed E-state index contributed by atoms with van der Waals surface area (Å²) in [4.78, 5) is 7.28. The molecule has 1 saturated carbocycles. The van der Waals surface area contributed by atoms with Gasteiger partial charge >= 0.3 is 0 Å². The molecule has 0 unspecified atom stereocenters. The quantitative estimate of drug-likeness (QED) is 0.698. The van der Waals surface area contributed by atoms with Crippen LogP contribution < -0.4 is 0 Å². The Bertz CT molecular complexity index is 749. The van der Waals surface area contributed by atoms with E-state index in [1.54, 1.807) is 0 Å². The fourth-order valence-corrected chi connectivity index (χ4v) is 4.77. The van der Waals surface area contributed by atoms with Crippen molar-refractivity contribution in [1.29, 1.82) is 0 Å². The van der Waals surface area contributed by atoms with Crippen LogP contribution in [0.1, 0.15) is 74.7 Å². The van der Waals surface area contributed by atoms with Gasteiger partial charge in [-0.15, -0.1) is 0 Å². The maximum absolute atomic E-state index is 5.96. The fraction of sp³-hybridized carbons (Fsp3) is 0.652. The molecule has 1 saturated heterocycles. The van der Waals surface area contributed by atoms with Gasteiger partial charge in [-0.05, 0) is 51.1 Å². The molecule has 1 aliphatic carbocycles. The second kappa shape index (κ2) is 8.75. The van der Waals surface area contributed by atoms with Gasteiger partial charge in [-0.1, -0.05) is 54.8 Å². The highest BCUT2D eigenvalue weighted by Gasteiger charge is 2.41.